The molecule has 2 rings (SSSR count). The van der Waals surface area contributed by atoms with Gasteiger partial charge in [0.15, 0.2) is 5.96 Å². The lowest BCUT2D eigenvalue weighted by molar-refractivity contribution is -0.116. The van der Waals surface area contributed by atoms with Crippen LogP contribution in [0.15, 0.2) is 29.3 Å². The van der Waals surface area contributed by atoms with Crippen molar-refractivity contribution in [2.75, 3.05) is 45.3 Å². The first kappa shape index (κ1) is 21.5. The van der Waals surface area contributed by atoms with Gasteiger partial charge in [-0.25, -0.2) is 0 Å². The summed E-state index contributed by atoms with van der Waals surface area (Å²) in [4.78, 5) is 16.1. The van der Waals surface area contributed by atoms with E-state index >= 15 is 0 Å². The Morgan fingerprint density at radius 1 is 1.26 bits per heavy atom. The molecule has 7 nitrogen and oxygen atoms in total. The minimum Gasteiger partial charge on any atom is -0.379 e. The monoisotopic (exact) mass is 396 g/mol. The number of benzene rings is 1. The van der Waals surface area contributed by atoms with Crippen LogP contribution in [0.3, 0.4) is 0 Å². The number of aliphatic imine (C=N–C) groups is 1. The van der Waals surface area contributed by atoms with E-state index < -0.39 is 0 Å². The molecule has 1 aliphatic rings. The molecule has 1 aromatic carbocycles. The van der Waals surface area contributed by atoms with E-state index in [0.717, 1.165) is 37.6 Å². The van der Waals surface area contributed by atoms with Gasteiger partial charge in [-0.15, -0.1) is 0 Å². The Hall–Kier alpha value is -1.83. The lowest BCUT2D eigenvalue weighted by Gasteiger charge is -2.13. The summed E-state index contributed by atoms with van der Waals surface area (Å²) in [5.74, 6) is 0.715. The van der Waals surface area contributed by atoms with Crippen LogP contribution in [0.2, 0.25) is 5.02 Å². The number of nitrogens with one attached hydrogen (secondary N) is 3. The highest BCUT2D eigenvalue weighted by molar-refractivity contribution is 6.30. The average molecular weight is 397 g/mol. The second-order valence-electron chi connectivity index (χ2n) is 6.29. The molecule has 27 heavy (non-hydrogen) atoms. The predicted molar refractivity (Wildman–Crippen MR) is 108 cm³/mol. The van der Waals surface area contributed by atoms with Gasteiger partial charge < -0.3 is 25.4 Å². The largest absolute Gasteiger partial charge is 0.379 e. The van der Waals surface area contributed by atoms with Crippen molar-refractivity contribution in [2.45, 2.75) is 31.8 Å². The van der Waals surface area contributed by atoms with E-state index in [1.54, 1.807) is 31.3 Å². The van der Waals surface area contributed by atoms with Crippen LogP contribution in [0.25, 0.3) is 0 Å². The van der Waals surface area contributed by atoms with Gasteiger partial charge in [0.2, 0.25) is 5.91 Å². The van der Waals surface area contributed by atoms with Crippen LogP contribution in [0, 0.1) is 0 Å². The fraction of sp³-hybridized carbons (Fsp3) is 0.579. The Balaban J connectivity index is 1.49. The summed E-state index contributed by atoms with van der Waals surface area (Å²) in [5.41, 5.74) is 0.751. The third-order valence-electron chi connectivity index (χ3n) is 4.08. The molecule has 1 aromatic rings. The summed E-state index contributed by atoms with van der Waals surface area (Å²) in [7, 11) is 1.73. The zero-order chi connectivity index (χ0) is 19.3. The first-order chi connectivity index (χ1) is 13.2. The Bertz CT molecular complexity index is 589. The minimum absolute atomic E-state index is 0.0184. The molecule has 0 saturated carbocycles. The molecule has 1 heterocycles. The fourth-order valence-corrected chi connectivity index (χ4v) is 2.73. The van der Waals surface area contributed by atoms with E-state index in [-0.39, 0.29) is 12.0 Å². The molecule has 1 saturated heterocycles. The van der Waals surface area contributed by atoms with Crippen molar-refractivity contribution in [1.82, 2.24) is 10.6 Å². The zero-order valence-electron chi connectivity index (χ0n) is 15.8. The Labute approximate surface area is 165 Å². The third kappa shape index (κ3) is 9.08. The first-order valence-electron chi connectivity index (χ1n) is 9.36. The van der Waals surface area contributed by atoms with Gasteiger partial charge in [0.05, 0.1) is 12.7 Å². The summed E-state index contributed by atoms with van der Waals surface area (Å²) in [6, 6.07) is 7.07. The maximum absolute atomic E-state index is 11.9. The molecular formula is C19H29ClN4O3. The minimum atomic E-state index is -0.0184. The molecule has 8 heteroatoms. The Kier molecular flexibility index (Phi) is 9.97. The molecule has 1 amide bonds. The smallest absolute Gasteiger partial charge is 0.224 e. The molecular weight excluding hydrogens is 368 g/mol. The average Bonchev–Trinajstić information content (AvgIpc) is 3.18. The molecule has 0 aliphatic carbocycles. The van der Waals surface area contributed by atoms with Crippen LogP contribution in [0.5, 0.6) is 0 Å². The number of carbonyl (C=O) groups excluding carboxylic acids is 1. The number of amides is 1. The molecule has 1 aliphatic heterocycles. The number of guanidine groups is 1. The van der Waals surface area contributed by atoms with Gasteiger partial charge in [-0.05, 0) is 43.5 Å². The molecule has 0 aromatic heterocycles. The summed E-state index contributed by atoms with van der Waals surface area (Å²) < 4.78 is 11.0. The fourth-order valence-electron chi connectivity index (χ4n) is 2.61. The van der Waals surface area contributed by atoms with Crippen molar-refractivity contribution in [3.8, 4) is 0 Å². The number of nitrogens with zero attached hydrogens (tertiary/aromatic N) is 1. The van der Waals surface area contributed by atoms with Gasteiger partial charge in [0.1, 0.15) is 0 Å². The Morgan fingerprint density at radius 2 is 2.00 bits per heavy atom. The van der Waals surface area contributed by atoms with Crippen molar-refractivity contribution in [1.29, 1.82) is 0 Å². The van der Waals surface area contributed by atoms with Crippen LogP contribution in [-0.4, -0.2) is 57.9 Å². The van der Waals surface area contributed by atoms with E-state index in [1.165, 1.54) is 0 Å². The molecule has 150 valence electrons. The number of anilines is 1. The molecule has 3 N–H and O–H groups in total. The van der Waals surface area contributed by atoms with Crippen molar-refractivity contribution in [3.63, 3.8) is 0 Å². The van der Waals surface area contributed by atoms with Crippen LogP contribution in [0.1, 0.15) is 25.7 Å². The van der Waals surface area contributed by atoms with Gasteiger partial charge in [-0.2, -0.15) is 0 Å². The molecule has 1 atom stereocenters. The topological polar surface area (TPSA) is 84.0 Å². The summed E-state index contributed by atoms with van der Waals surface area (Å²) >= 11 is 5.83. The number of ether oxygens (including phenoxy) is 2. The first-order valence-corrected chi connectivity index (χ1v) is 9.74. The van der Waals surface area contributed by atoms with Crippen LogP contribution in [0.4, 0.5) is 5.69 Å². The zero-order valence-corrected chi connectivity index (χ0v) is 16.6. The summed E-state index contributed by atoms with van der Waals surface area (Å²) in [6.07, 6.45) is 3.29. The van der Waals surface area contributed by atoms with Crippen LogP contribution in [-0.2, 0) is 14.3 Å². The quantitative estimate of drug-likeness (QED) is 0.321. The SMILES string of the molecule is CN=C(NCCCOC1CCOC1)NCCCC(=O)Nc1ccc(Cl)cc1. The lowest BCUT2D eigenvalue weighted by atomic mass is 10.2. The molecule has 0 spiro atoms. The number of rotatable bonds is 10. The number of carbonyl (C=O) groups is 1. The standard InChI is InChI=1S/C19H29ClN4O3/c1-21-19(23-11-3-12-27-17-9-13-26-14-17)22-10-2-4-18(25)24-16-7-5-15(20)6-8-16/h5-8,17H,2-4,9-14H2,1H3,(H,24,25)(H2,21,22,23). The molecule has 1 fully saturated rings. The van der Waals surface area contributed by atoms with Gasteiger partial charge in [0.25, 0.3) is 0 Å². The van der Waals surface area contributed by atoms with Crippen molar-refractivity contribution < 1.29 is 14.3 Å². The Morgan fingerprint density at radius 3 is 2.67 bits per heavy atom. The number of hydrogen-bond acceptors (Lipinski definition) is 4. The van der Waals surface area contributed by atoms with Gasteiger partial charge in [0, 0.05) is 50.5 Å². The van der Waals surface area contributed by atoms with E-state index in [4.69, 9.17) is 21.1 Å². The normalized spacial score (nSPS) is 17.0. The van der Waals surface area contributed by atoms with E-state index in [2.05, 4.69) is 20.9 Å². The van der Waals surface area contributed by atoms with Crippen molar-refractivity contribution in [3.05, 3.63) is 29.3 Å². The van der Waals surface area contributed by atoms with Gasteiger partial charge >= 0.3 is 0 Å². The highest BCUT2D eigenvalue weighted by Crippen LogP contribution is 2.13. The predicted octanol–water partition coefficient (Wildman–Crippen LogP) is 2.42. The number of halogens is 1. The maximum Gasteiger partial charge on any atom is 0.224 e. The molecule has 1 unspecified atom stereocenters. The number of hydrogen-bond donors (Lipinski definition) is 3. The lowest BCUT2D eigenvalue weighted by Crippen LogP contribution is -2.38. The second kappa shape index (κ2) is 12.5. The maximum atomic E-state index is 11.9. The summed E-state index contributed by atoms with van der Waals surface area (Å²) in [5, 5.41) is 9.95. The highest BCUT2D eigenvalue weighted by atomic mass is 35.5. The third-order valence-corrected chi connectivity index (χ3v) is 4.33. The molecule has 0 bridgehead atoms. The summed E-state index contributed by atoms with van der Waals surface area (Å²) in [6.45, 7) is 3.68. The van der Waals surface area contributed by atoms with E-state index in [9.17, 15) is 4.79 Å². The molecule has 0 radical (unpaired) electrons. The van der Waals surface area contributed by atoms with Gasteiger partial charge in [-0.3, -0.25) is 9.79 Å². The highest BCUT2D eigenvalue weighted by Gasteiger charge is 2.15. The van der Waals surface area contributed by atoms with E-state index in [1.807, 2.05) is 0 Å². The van der Waals surface area contributed by atoms with E-state index in [0.29, 0.717) is 37.6 Å². The second-order valence-corrected chi connectivity index (χ2v) is 6.73. The van der Waals surface area contributed by atoms with Gasteiger partial charge in [-0.1, -0.05) is 11.6 Å². The van der Waals surface area contributed by atoms with Crippen molar-refractivity contribution in [2.24, 2.45) is 4.99 Å². The van der Waals surface area contributed by atoms with Crippen LogP contribution < -0.4 is 16.0 Å². The van der Waals surface area contributed by atoms with Crippen molar-refractivity contribution >= 4 is 29.2 Å². The van der Waals surface area contributed by atoms with Crippen LogP contribution >= 0.6 is 11.6 Å².